The number of benzene rings is 3. The van der Waals surface area contributed by atoms with Crippen LogP contribution in [0.2, 0.25) is 0 Å². The summed E-state index contributed by atoms with van der Waals surface area (Å²) in [6, 6.07) is 17.3. The van der Waals surface area contributed by atoms with E-state index in [1.165, 1.54) is 59.9 Å². The summed E-state index contributed by atoms with van der Waals surface area (Å²) in [6.07, 6.45) is 0. The highest BCUT2D eigenvalue weighted by Gasteiger charge is 2.24. The Labute approximate surface area is 184 Å². The second-order valence-electron chi connectivity index (χ2n) is 6.65. The minimum atomic E-state index is -0.588. The molecular formula is C22H13N3O6S. The van der Waals surface area contributed by atoms with Gasteiger partial charge in [0.25, 0.3) is 11.4 Å². The van der Waals surface area contributed by atoms with Gasteiger partial charge < -0.3 is 5.11 Å². The summed E-state index contributed by atoms with van der Waals surface area (Å²) in [6.45, 7) is 0. The van der Waals surface area contributed by atoms with Crippen LogP contribution in [0, 0.1) is 20.2 Å². The van der Waals surface area contributed by atoms with Crippen molar-refractivity contribution in [1.29, 1.82) is 0 Å². The number of allylic oxidation sites excluding steroid dienone is 1. The van der Waals surface area contributed by atoms with E-state index >= 15 is 0 Å². The van der Waals surface area contributed by atoms with Crippen LogP contribution in [-0.4, -0.2) is 25.7 Å². The number of thiazole rings is 1. The average molecular weight is 447 g/mol. The van der Waals surface area contributed by atoms with Crippen molar-refractivity contribution in [1.82, 2.24) is 4.98 Å². The van der Waals surface area contributed by atoms with Crippen molar-refractivity contribution in [2.75, 3.05) is 0 Å². The minimum absolute atomic E-state index is 0.103. The molecule has 1 heterocycles. The third-order valence-electron chi connectivity index (χ3n) is 4.66. The van der Waals surface area contributed by atoms with E-state index in [1.807, 2.05) is 12.1 Å². The summed E-state index contributed by atoms with van der Waals surface area (Å²) < 4.78 is 0.799. The van der Waals surface area contributed by atoms with Crippen LogP contribution in [0.4, 0.5) is 11.4 Å². The maximum atomic E-state index is 13.4. The number of nitro groups is 2. The fourth-order valence-corrected chi connectivity index (χ4v) is 4.06. The van der Waals surface area contributed by atoms with Crippen LogP contribution in [0.1, 0.15) is 20.9 Å². The Bertz CT molecular complexity index is 1360. The smallest absolute Gasteiger partial charge is 0.269 e. The van der Waals surface area contributed by atoms with Crippen LogP contribution in [0.3, 0.4) is 0 Å². The Morgan fingerprint density at radius 3 is 1.88 bits per heavy atom. The Hall–Kier alpha value is -4.44. The normalized spacial score (nSPS) is 11.8. The van der Waals surface area contributed by atoms with Gasteiger partial charge in [-0.1, -0.05) is 12.1 Å². The predicted octanol–water partition coefficient (Wildman–Crippen LogP) is 5.42. The Balaban J connectivity index is 1.87. The molecule has 0 bridgehead atoms. The molecule has 0 unspecified atom stereocenters. The molecule has 0 fully saturated rings. The molecule has 0 saturated carbocycles. The summed E-state index contributed by atoms with van der Waals surface area (Å²) in [7, 11) is 0. The van der Waals surface area contributed by atoms with Gasteiger partial charge in [-0.2, -0.15) is 0 Å². The number of ketones is 1. The minimum Gasteiger partial charge on any atom is -0.506 e. The molecule has 0 saturated heterocycles. The highest BCUT2D eigenvalue weighted by Crippen LogP contribution is 2.34. The number of carbonyl (C=O) groups excluding carboxylic acids is 1. The number of hydrogen-bond donors (Lipinski definition) is 1. The molecule has 1 N–H and O–H groups in total. The molecule has 158 valence electrons. The molecule has 0 amide bonds. The second-order valence-corrected chi connectivity index (χ2v) is 7.68. The maximum Gasteiger partial charge on any atom is 0.269 e. The Morgan fingerprint density at radius 1 is 0.812 bits per heavy atom. The van der Waals surface area contributed by atoms with Crippen LogP contribution in [0.25, 0.3) is 21.5 Å². The number of nitrogens with zero attached hydrogens (tertiary/aromatic N) is 3. The van der Waals surface area contributed by atoms with Gasteiger partial charge in [-0.15, -0.1) is 11.3 Å². The third-order valence-corrected chi connectivity index (χ3v) is 5.72. The van der Waals surface area contributed by atoms with Crippen molar-refractivity contribution in [3.8, 4) is 0 Å². The monoisotopic (exact) mass is 447 g/mol. The van der Waals surface area contributed by atoms with E-state index in [0.717, 1.165) is 4.70 Å². The van der Waals surface area contributed by atoms with E-state index in [9.17, 15) is 30.1 Å². The summed E-state index contributed by atoms with van der Waals surface area (Å²) in [5.41, 5.74) is 0.516. The Morgan fingerprint density at radius 2 is 1.34 bits per heavy atom. The lowest BCUT2D eigenvalue weighted by Gasteiger charge is -2.09. The molecule has 4 rings (SSSR count). The maximum absolute atomic E-state index is 13.4. The lowest BCUT2D eigenvalue weighted by atomic mass is 9.99. The molecule has 10 heteroatoms. The quantitative estimate of drug-likeness (QED) is 0.137. The molecule has 0 atom stereocenters. The molecule has 0 spiro atoms. The second kappa shape index (κ2) is 8.36. The van der Waals surface area contributed by atoms with Crippen LogP contribution in [0.15, 0.2) is 72.8 Å². The standard InChI is InChI=1S/C22H13N3O6S/c26-20(13-5-9-15(10-6-13)24(28)29)19(22-23-17-3-1-2-4-18(17)32-22)21(27)14-7-11-16(12-8-14)25(30)31/h1-12,26H/b20-19+. The zero-order valence-electron chi connectivity index (χ0n) is 16.2. The molecule has 0 radical (unpaired) electrons. The highest BCUT2D eigenvalue weighted by molar-refractivity contribution is 7.20. The van der Waals surface area contributed by atoms with E-state index in [4.69, 9.17) is 0 Å². The van der Waals surface area contributed by atoms with E-state index in [1.54, 1.807) is 12.1 Å². The number of Topliss-reactive ketones (excluding diaryl/α,β-unsaturated/α-hetero) is 1. The molecule has 32 heavy (non-hydrogen) atoms. The lowest BCUT2D eigenvalue weighted by molar-refractivity contribution is -0.385. The first-order valence-electron chi connectivity index (χ1n) is 9.18. The van der Waals surface area contributed by atoms with Gasteiger partial charge in [0.2, 0.25) is 0 Å². The van der Waals surface area contributed by atoms with Gasteiger partial charge in [0.1, 0.15) is 16.3 Å². The van der Waals surface area contributed by atoms with Crippen molar-refractivity contribution in [2.45, 2.75) is 0 Å². The number of aliphatic hydroxyl groups excluding tert-OH is 1. The van der Waals surface area contributed by atoms with Gasteiger partial charge in [0, 0.05) is 35.4 Å². The topological polar surface area (TPSA) is 136 Å². The SMILES string of the molecule is O=C(/C(=C(\O)c1ccc([N+](=O)[O-])cc1)c1nc2ccccc2s1)c1ccc([N+](=O)[O-])cc1. The van der Waals surface area contributed by atoms with Gasteiger partial charge in [0.05, 0.1) is 20.1 Å². The zero-order chi connectivity index (χ0) is 22.8. The van der Waals surface area contributed by atoms with E-state index in [2.05, 4.69) is 4.98 Å². The number of aliphatic hydroxyl groups is 1. The summed E-state index contributed by atoms with van der Waals surface area (Å²) in [5, 5.41) is 33.1. The van der Waals surface area contributed by atoms with Gasteiger partial charge in [-0.25, -0.2) is 4.98 Å². The van der Waals surface area contributed by atoms with Crippen LogP contribution in [-0.2, 0) is 0 Å². The van der Waals surface area contributed by atoms with Gasteiger partial charge in [0.15, 0.2) is 5.78 Å². The van der Waals surface area contributed by atoms with E-state index < -0.39 is 21.4 Å². The molecule has 4 aromatic rings. The van der Waals surface area contributed by atoms with Gasteiger partial charge >= 0.3 is 0 Å². The van der Waals surface area contributed by atoms with Crippen molar-refractivity contribution in [3.05, 3.63) is 109 Å². The number of fused-ring (bicyclic) bond motifs is 1. The van der Waals surface area contributed by atoms with Crippen molar-refractivity contribution < 1.29 is 19.7 Å². The Kier molecular flexibility index (Phi) is 5.44. The number of rotatable bonds is 6. The van der Waals surface area contributed by atoms with Crippen LogP contribution in [0.5, 0.6) is 0 Å². The number of para-hydroxylation sites is 1. The number of aromatic nitrogens is 1. The number of non-ortho nitro benzene ring substituents is 2. The first kappa shape index (κ1) is 20.8. The zero-order valence-corrected chi connectivity index (χ0v) is 17.0. The van der Waals surface area contributed by atoms with Crippen LogP contribution >= 0.6 is 11.3 Å². The highest BCUT2D eigenvalue weighted by atomic mass is 32.1. The number of nitro benzene ring substituents is 2. The lowest BCUT2D eigenvalue weighted by Crippen LogP contribution is -2.06. The van der Waals surface area contributed by atoms with Crippen molar-refractivity contribution >= 4 is 50.0 Å². The fraction of sp³-hybridized carbons (Fsp3) is 0. The third kappa shape index (κ3) is 3.94. The average Bonchev–Trinajstić information content (AvgIpc) is 3.22. The van der Waals surface area contributed by atoms with Gasteiger partial charge in [-0.05, 0) is 36.4 Å². The summed E-state index contributed by atoms with van der Waals surface area (Å²) in [4.78, 5) is 38.5. The molecule has 0 aliphatic carbocycles. The first-order valence-corrected chi connectivity index (χ1v) is 10.00. The molecule has 9 nitrogen and oxygen atoms in total. The van der Waals surface area contributed by atoms with Crippen LogP contribution < -0.4 is 0 Å². The summed E-state index contributed by atoms with van der Waals surface area (Å²) >= 11 is 1.20. The summed E-state index contributed by atoms with van der Waals surface area (Å²) in [5.74, 6) is -0.989. The fourth-order valence-electron chi connectivity index (χ4n) is 3.05. The van der Waals surface area contributed by atoms with E-state index in [0.29, 0.717) is 5.52 Å². The van der Waals surface area contributed by atoms with Gasteiger partial charge in [-0.3, -0.25) is 25.0 Å². The number of hydrogen-bond acceptors (Lipinski definition) is 8. The largest absolute Gasteiger partial charge is 0.506 e. The predicted molar refractivity (Wildman–Crippen MR) is 120 cm³/mol. The number of carbonyl (C=O) groups is 1. The molecule has 1 aromatic heterocycles. The molecule has 0 aliphatic heterocycles. The molecule has 0 aliphatic rings. The first-order chi connectivity index (χ1) is 15.3. The van der Waals surface area contributed by atoms with Crippen molar-refractivity contribution in [3.63, 3.8) is 0 Å². The van der Waals surface area contributed by atoms with Crippen molar-refractivity contribution in [2.24, 2.45) is 0 Å². The molecular weight excluding hydrogens is 434 g/mol. The van der Waals surface area contributed by atoms with E-state index in [-0.39, 0.29) is 33.1 Å². The molecule has 3 aromatic carbocycles.